The molecule has 1 aliphatic heterocycles. The van der Waals surface area contributed by atoms with Crippen molar-refractivity contribution in [2.75, 3.05) is 13.1 Å². The summed E-state index contributed by atoms with van der Waals surface area (Å²) >= 11 is 0. The number of hydrogen-bond acceptors (Lipinski definition) is 3. The SMILES string of the molecule is Cc1ccc(-n2cc(OC3CCNCC3)cn2)cc1. The molecule has 1 aliphatic rings. The van der Waals surface area contributed by atoms with E-state index in [1.807, 2.05) is 10.9 Å². The maximum Gasteiger partial charge on any atom is 0.158 e. The zero-order chi connectivity index (χ0) is 13.1. The van der Waals surface area contributed by atoms with Crippen LogP contribution in [0.1, 0.15) is 18.4 Å². The van der Waals surface area contributed by atoms with E-state index >= 15 is 0 Å². The van der Waals surface area contributed by atoms with Gasteiger partial charge in [-0.1, -0.05) is 17.7 Å². The fourth-order valence-corrected chi connectivity index (χ4v) is 2.31. The maximum atomic E-state index is 5.96. The third kappa shape index (κ3) is 2.96. The Morgan fingerprint density at radius 3 is 2.68 bits per heavy atom. The zero-order valence-corrected chi connectivity index (χ0v) is 11.2. The fraction of sp³-hybridized carbons (Fsp3) is 0.400. The van der Waals surface area contributed by atoms with Crippen molar-refractivity contribution in [2.45, 2.75) is 25.9 Å². The molecule has 1 aromatic heterocycles. The number of ether oxygens (including phenoxy) is 1. The van der Waals surface area contributed by atoms with Crippen LogP contribution in [0.5, 0.6) is 5.75 Å². The van der Waals surface area contributed by atoms with Crippen LogP contribution < -0.4 is 10.1 Å². The van der Waals surface area contributed by atoms with Crippen LogP contribution in [0, 0.1) is 6.92 Å². The Labute approximate surface area is 113 Å². The molecule has 0 bridgehead atoms. The van der Waals surface area contributed by atoms with Gasteiger partial charge in [0.25, 0.3) is 0 Å². The lowest BCUT2D eigenvalue weighted by Crippen LogP contribution is -2.34. The van der Waals surface area contributed by atoms with Gasteiger partial charge in [-0.15, -0.1) is 0 Å². The van der Waals surface area contributed by atoms with Crippen LogP contribution in [0.25, 0.3) is 5.69 Å². The summed E-state index contributed by atoms with van der Waals surface area (Å²) in [6.45, 7) is 4.16. The molecule has 0 atom stereocenters. The Morgan fingerprint density at radius 1 is 1.21 bits per heavy atom. The predicted octanol–water partition coefficient (Wildman–Crippen LogP) is 2.31. The Balaban J connectivity index is 1.70. The van der Waals surface area contributed by atoms with E-state index < -0.39 is 0 Å². The van der Waals surface area contributed by atoms with Gasteiger partial charge in [0.15, 0.2) is 5.75 Å². The van der Waals surface area contributed by atoms with E-state index in [0.717, 1.165) is 37.4 Å². The average Bonchev–Trinajstić information content (AvgIpc) is 2.89. The molecule has 1 fully saturated rings. The standard InChI is InChI=1S/C15H19N3O/c1-12-2-4-13(5-3-12)18-11-15(10-17-18)19-14-6-8-16-9-7-14/h2-5,10-11,14,16H,6-9H2,1H3. The van der Waals surface area contributed by atoms with E-state index in [1.54, 1.807) is 6.20 Å². The lowest BCUT2D eigenvalue weighted by molar-refractivity contribution is 0.162. The van der Waals surface area contributed by atoms with Crippen LogP contribution in [-0.4, -0.2) is 29.0 Å². The Hall–Kier alpha value is -1.81. The molecule has 0 saturated carbocycles. The lowest BCUT2D eigenvalue weighted by Gasteiger charge is -2.22. The third-order valence-electron chi connectivity index (χ3n) is 3.45. The Bertz CT molecular complexity index is 527. The molecule has 0 spiro atoms. The summed E-state index contributed by atoms with van der Waals surface area (Å²) in [5.74, 6) is 0.854. The summed E-state index contributed by atoms with van der Waals surface area (Å²) in [5, 5.41) is 7.69. The molecular weight excluding hydrogens is 238 g/mol. The minimum absolute atomic E-state index is 0.317. The third-order valence-corrected chi connectivity index (χ3v) is 3.45. The smallest absolute Gasteiger partial charge is 0.158 e. The highest BCUT2D eigenvalue weighted by atomic mass is 16.5. The first-order chi connectivity index (χ1) is 9.31. The molecule has 1 aromatic carbocycles. The molecule has 19 heavy (non-hydrogen) atoms. The second kappa shape index (κ2) is 5.45. The van der Waals surface area contributed by atoms with E-state index in [2.05, 4.69) is 41.6 Å². The summed E-state index contributed by atoms with van der Waals surface area (Å²) in [6.07, 6.45) is 6.19. The van der Waals surface area contributed by atoms with Gasteiger partial charge in [0.05, 0.1) is 18.1 Å². The maximum absolute atomic E-state index is 5.96. The topological polar surface area (TPSA) is 39.1 Å². The molecule has 1 N–H and O–H groups in total. The van der Waals surface area contributed by atoms with Crippen LogP contribution >= 0.6 is 0 Å². The summed E-state index contributed by atoms with van der Waals surface area (Å²) in [6, 6.07) is 8.31. The quantitative estimate of drug-likeness (QED) is 0.917. The van der Waals surface area contributed by atoms with Crippen LogP contribution in [0.3, 0.4) is 0 Å². The first-order valence-corrected chi connectivity index (χ1v) is 6.80. The molecular formula is C15H19N3O. The number of nitrogens with one attached hydrogen (secondary N) is 1. The molecule has 2 heterocycles. The average molecular weight is 257 g/mol. The van der Waals surface area contributed by atoms with Gasteiger partial charge in [0.1, 0.15) is 6.10 Å². The molecule has 3 rings (SSSR count). The number of piperidine rings is 1. The van der Waals surface area contributed by atoms with Gasteiger partial charge in [0, 0.05) is 0 Å². The van der Waals surface area contributed by atoms with Crippen LogP contribution in [0.4, 0.5) is 0 Å². The van der Waals surface area contributed by atoms with Crippen molar-refractivity contribution in [1.82, 2.24) is 15.1 Å². The van der Waals surface area contributed by atoms with Crippen LogP contribution in [0.15, 0.2) is 36.7 Å². The molecule has 0 radical (unpaired) electrons. The normalized spacial score (nSPS) is 16.5. The second-order valence-corrected chi connectivity index (χ2v) is 5.02. The van der Waals surface area contributed by atoms with Crippen molar-refractivity contribution < 1.29 is 4.74 Å². The van der Waals surface area contributed by atoms with Crippen molar-refractivity contribution in [3.8, 4) is 11.4 Å². The summed E-state index contributed by atoms with van der Waals surface area (Å²) in [7, 11) is 0. The molecule has 1 saturated heterocycles. The fourth-order valence-electron chi connectivity index (χ4n) is 2.31. The molecule has 4 nitrogen and oxygen atoms in total. The van der Waals surface area contributed by atoms with Gasteiger partial charge in [-0.3, -0.25) is 0 Å². The van der Waals surface area contributed by atoms with E-state index in [9.17, 15) is 0 Å². The van der Waals surface area contributed by atoms with Crippen molar-refractivity contribution in [3.05, 3.63) is 42.2 Å². The van der Waals surface area contributed by atoms with Gasteiger partial charge < -0.3 is 10.1 Å². The Morgan fingerprint density at radius 2 is 1.95 bits per heavy atom. The highest BCUT2D eigenvalue weighted by Crippen LogP contribution is 2.18. The van der Waals surface area contributed by atoms with Crippen molar-refractivity contribution in [3.63, 3.8) is 0 Å². The van der Waals surface area contributed by atoms with Crippen molar-refractivity contribution >= 4 is 0 Å². The van der Waals surface area contributed by atoms with E-state index in [1.165, 1.54) is 5.56 Å². The zero-order valence-electron chi connectivity index (χ0n) is 11.2. The predicted molar refractivity (Wildman–Crippen MR) is 74.8 cm³/mol. The summed E-state index contributed by atoms with van der Waals surface area (Å²) in [4.78, 5) is 0. The summed E-state index contributed by atoms with van der Waals surface area (Å²) in [5.41, 5.74) is 2.31. The first-order valence-electron chi connectivity index (χ1n) is 6.80. The number of hydrogen-bond donors (Lipinski definition) is 1. The van der Waals surface area contributed by atoms with Gasteiger partial charge in [0.2, 0.25) is 0 Å². The van der Waals surface area contributed by atoms with Gasteiger partial charge in [-0.25, -0.2) is 4.68 Å². The van der Waals surface area contributed by atoms with Gasteiger partial charge in [-0.2, -0.15) is 5.10 Å². The van der Waals surface area contributed by atoms with Gasteiger partial charge >= 0.3 is 0 Å². The van der Waals surface area contributed by atoms with E-state index in [4.69, 9.17) is 4.74 Å². The van der Waals surface area contributed by atoms with E-state index in [0.29, 0.717) is 6.10 Å². The second-order valence-electron chi connectivity index (χ2n) is 5.02. The molecule has 0 amide bonds. The molecule has 2 aromatic rings. The number of rotatable bonds is 3. The highest BCUT2D eigenvalue weighted by Gasteiger charge is 2.15. The van der Waals surface area contributed by atoms with Crippen molar-refractivity contribution in [2.24, 2.45) is 0 Å². The van der Waals surface area contributed by atoms with Gasteiger partial charge in [-0.05, 0) is 45.0 Å². The molecule has 0 aliphatic carbocycles. The first kappa shape index (κ1) is 12.2. The largest absolute Gasteiger partial charge is 0.487 e. The van der Waals surface area contributed by atoms with Crippen molar-refractivity contribution in [1.29, 1.82) is 0 Å². The number of nitrogens with zero attached hydrogens (tertiary/aromatic N) is 2. The number of benzene rings is 1. The molecule has 4 heteroatoms. The highest BCUT2D eigenvalue weighted by molar-refractivity contribution is 5.34. The number of aryl methyl sites for hydroxylation is 1. The molecule has 100 valence electrons. The lowest BCUT2D eigenvalue weighted by atomic mass is 10.1. The number of aromatic nitrogens is 2. The summed E-state index contributed by atoms with van der Waals surface area (Å²) < 4.78 is 7.81. The minimum Gasteiger partial charge on any atom is -0.487 e. The van der Waals surface area contributed by atoms with Crippen LogP contribution in [-0.2, 0) is 0 Å². The monoisotopic (exact) mass is 257 g/mol. The molecule has 0 unspecified atom stereocenters. The van der Waals surface area contributed by atoms with E-state index in [-0.39, 0.29) is 0 Å². The Kier molecular flexibility index (Phi) is 3.51. The minimum atomic E-state index is 0.317. The van der Waals surface area contributed by atoms with Crippen LogP contribution in [0.2, 0.25) is 0 Å².